The van der Waals surface area contributed by atoms with Crippen LogP contribution in [0, 0.1) is 6.92 Å². The summed E-state index contributed by atoms with van der Waals surface area (Å²) in [6.07, 6.45) is 0. The second-order valence-electron chi connectivity index (χ2n) is 5.88. The van der Waals surface area contributed by atoms with Gasteiger partial charge < -0.3 is 9.84 Å². The molecule has 1 aromatic heterocycles. The van der Waals surface area contributed by atoms with E-state index in [4.69, 9.17) is 4.52 Å². The molecule has 0 saturated carbocycles. The Morgan fingerprint density at radius 1 is 0.960 bits per heavy atom. The van der Waals surface area contributed by atoms with Crippen LogP contribution < -0.4 is 5.32 Å². The highest BCUT2D eigenvalue weighted by molar-refractivity contribution is 6.07. The summed E-state index contributed by atoms with van der Waals surface area (Å²) in [6.45, 7) is 1.96. The lowest BCUT2D eigenvalue weighted by Crippen LogP contribution is -2.12. The van der Waals surface area contributed by atoms with Crippen LogP contribution in [-0.2, 0) is 0 Å². The molecule has 0 aliphatic rings. The van der Waals surface area contributed by atoms with Crippen molar-refractivity contribution in [1.82, 2.24) is 5.16 Å². The average molecular weight is 328 g/mol. The minimum Gasteiger partial charge on any atom is -0.355 e. The third kappa shape index (κ3) is 2.90. The molecule has 0 spiro atoms. The Kier molecular flexibility index (Phi) is 3.78. The molecular formula is C21H16N2O2. The Hall–Kier alpha value is -3.40. The molecule has 3 aromatic carbocycles. The maximum absolute atomic E-state index is 12.6. The molecule has 0 bridgehead atoms. The molecule has 4 nitrogen and oxygen atoms in total. The number of carbonyl (C=O) groups is 1. The number of aryl methyl sites for hydroxylation is 1. The highest BCUT2D eigenvalue weighted by Crippen LogP contribution is 2.29. The molecule has 0 atom stereocenters. The van der Waals surface area contributed by atoms with Crippen molar-refractivity contribution in [2.24, 2.45) is 0 Å². The minimum atomic E-state index is -0.156. The van der Waals surface area contributed by atoms with Crippen molar-refractivity contribution in [2.45, 2.75) is 6.92 Å². The van der Waals surface area contributed by atoms with Crippen molar-refractivity contribution >= 4 is 22.5 Å². The molecule has 1 amide bonds. The number of hydrogen-bond donors (Lipinski definition) is 1. The SMILES string of the molecule is Cc1ccccc1NC(=O)c1ccc2noc(-c3ccccc3)c2c1. The summed E-state index contributed by atoms with van der Waals surface area (Å²) in [4.78, 5) is 12.6. The first-order valence-corrected chi connectivity index (χ1v) is 8.04. The van der Waals surface area contributed by atoms with Crippen LogP contribution in [0.25, 0.3) is 22.2 Å². The topological polar surface area (TPSA) is 55.1 Å². The third-order valence-corrected chi connectivity index (χ3v) is 4.17. The largest absolute Gasteiger partial charge is 0.355 e. The van der Waals surface area contributed by atoms with Crippen LogP contribution >= 0.6 is 0 Å². The number of carbonyl (C=O) groups excluding carboxylic acids is 1. The number of anilines is 1. The van der Waals surface area contributed by atoms with E-state index in [2.05, 4.69) is 10.5 Å². The van der Waals surface area contributed by atoms with Gasteiger partial charge in [-0.15, -0.1) is 0 Å². The van der Waals surface area contributed by atoms with Crippen LogP contribution in [0.15, 0.2) is 77.3 Å². The first-order valence-electron chi connectivity index (χ1n) is 8.04. The van der Waals surface area contributed by atoms with Gasteiger partial charge in [-0.05, 0) is 36.8 Å². The molecule has 1 N–H and O–H groups in total. The fraction of sp³-hybridized carbons (Fsp3) is 0.0476. The molecule has 1 heterocycles. The van der Waals surface area contributed by atoms with E-state index in [0.717, 1.165) is 27.7 Å². The van der Waals surface area contributed by atoms with E-state index in [1.54, 1.807) is 12.1 Å². The van der Waals surface area contributed by atoms with Gasteiger partial charge in [0.15, 0.2) is 5.76 Å². The molecule has 4 aromatic rings. The van der Waals surface area contributed by atoms with E-state index >= 15 is 0 Å². The van der Waals surface area contributed by atoms with Crippen molar-refractivity contribution in [1.29, 1.82) is 0 Å². The summed E-state index contributed by atoms with van der Waals surface area (Å²) < 4.78 is 5.49. The van der Waals surface area contributed by atoms with Crippen LogP contribution in [-0.4, -0.2) is 11.1 Å². The van der Waals surface area contributed by atoms with E-state index in [1.807, 2.05) is 67.6 Å². The van der Waals surface area contributed by atoms with Gasteiger partial charge in [0.05, 0.1) is 5.39 Å². The molecule has 0 aliphatic carbocycles. The molecular weight excluding hydrogens is 312 g/mol. The average Bonchev–Trinajstić information content (AvgIpc) is 3.07. The van der Waals surface area contributed by atoms with Gasteiger partial charge >= 0.3 is 0 Å². The van der Waals surface area contributed by atoms with Crippen LogP contribution in [0.2, 0.25) is 0 Å². The number of nitrogens with one attached hydrogen (secondary N) is 1. The highest BCUT2D eigenvalue weighted by atomic mass is 16.5. The second kappa shape index (κ2) is 6.24. The van der Waals surface area contributed by atoms with E-state index < -0.39 is 0 Å². The fourth-order valence-corrected chi connectivity index (χ4v) is 2.79. The van der Waals surface area contributed by atoms with E-state index in [-0.39, 0.29) is 5.91 Å². The van der Waals surface area contributed by atoms with Crippen molar-refractivity contribution < 1.29 is 9.32 Å². The number of amides is 1. The zero-order chi connectivity index (χ0) is 17.2. The van der Waals surface area contributed by atoms with E-state index in [9.17, 15) is 4.79 Å². The van der Waals surface area contributed by atoms with Gasteiger partial charge in [-0.3, -0.25) is 4.79 Å². The van der Waals surface area contributed by atoms with Crippen LogP contribution in [0.5, 0.6) is 0 Å². The van der Waals surface area contributed by atoms with Gasteiger partial charge in [-0.2, -0.15) is 0 Å². The third-order valence-electron chi connectivity index (χ3n) is 4.17. The molecule has 0 fully saturated rings. The minimum absolute atomic E-state index is 0.156. The standard InChI is InChI=1S/C21H16N2O2/c1-14-7-5-6-10-18(14)22-21(24)16-11-12-19-17(13-16)20(25-23-19)15-8-3-2-4-9-15/h2-13H,1H3,(H,22,24). The summed E-state index contributed by atoms with van der Waals surface area (Å²) in [5.74, 6) is 0.512. The predicted molar refractivity (Wildman–Crippen MR) is 98.6 cm³/mol. The summed E-state index contributed by atoms with van der Waals surface area (Å²) in [5.41, 5.74) is 4.05. The lowest BCUT2D eigenvalue weighted by Gasteiger charge is -2.08. The number of fused-ring (bicyclic) bond motifs is 1. The first-order chi connectivity index (χ1) is 12.2. The Morgan fingerprint density at radius 2 is 1.72 bits per heavy atom. The van der Waals surface area contributed by atoms with Gasteiger partial charge in [0.25, 0.3) is 5.91 Å². The number of benzene rings is 3. The lowest BCUT2D eigenvalue weighted by molar-refractivity contribution is 0.102. The number of hydrogen-bond acceptors (Lipinski definition) is 3. The first kappa shape index (κ1) is 15.1. The van der Waals surface area contributed by atoms with Gasteiger partial charge in [0, 0.05) is 16.8 Å². The van der Waals surface area contributed by atoms with Crippen LogP contribution in [0.4, 0.5) is 5.69 Å². The van der Waals surface area contributed by atoms with Gasteiger partial charge in [-0.25, -0.2) is 0 Å². The Bertz CT molecular complexity index is 1050. The number of aromatic nitrogens is 1. The van der Waals surface area contributed by atoms with Crippen molar-refractivity contribution in [3.63, 3.8) is 0 Å². The van der Waals surface area contributed by atoms with Gasteiger partial charge in [0.1, 0.15) is 5.52 Å². The fourth-order valence-electron chi connectivity index (χ4n) is 2.79. The molecule has 4 rings (SSSR count). The zero-order valence-electron chi connectivity index (χ0n) is 13.7. The van der Waals surface area contributed by atoms with Crippen LogP contribution in [0.1, 0.15) is 15.9 Å². The zero-order valence-corrected chi connectivity index (χ0v) is 13.7. The molecule has 4 heteroatoms. The monoisotopic (exact) mass is 328 g/mol. The molecule has 122 valence electrons. The summed E-state index contributed by atoms with van der Waals surface area (Å²) in [7, 11) is 0. The molecule has 0 saturated heterocycles. The quantitative estimate of drug-likeness (QED) is 0.572. The Morgan fingerprint density at radius 3 is 2.52 bits per heavy atom. The Balaban J connectivity index is 1.71. The summed E-state index contributed by atoms with van der Waals surface area (Å²) >= 11 is 0. The van der Waals surface area contributed by atoms with Gasteiger partial charge in [0.2, 0.25) is 0 Å². The molecule has 0 radical (unpaired) electrons. The van der Waals surface area contributed by atoms with Crippen molar-refractivity contribution in [3.8, 4) is 11.3 Å². The van der Waals surface area contributed by atoms with Crippen LogP contribution in [0.3, 0.4) is 0 Å². The molecule has 0 unspecified atom stereocenters. The number of para-hydroxylation sites is 1. The highest BCUT2D eigenvalue weighted by Gasteiger charge is 2.14. The van der Waals surface area contributed by atoms with Gasteiger partial charge in [-0.1, -0.05) is 53.7 Å². The van der Waals surface area contributed by atoms with Crippen molar-refractivity contribution in [3.05, 3.63) is 83.9 Å². The van der Waals surface area contributed by atoms with E-state index in [0.29, 0.717) is 11.3 Å². The number of rotatable bonds is 3. The number of nitrogens with zero attached hydrogens (tertiary/aromatic N) is 1. The van der Waals surface area contributed by atoms with E-state index in [1.165, 1.54) is 0 Å². The predicted octanol–water partition coefficient (Wildman–Crippen LogP) is 5.06. The maximum Gasteiger partial charge on any atom is 0.255 e. The normalized spacial score (nSPS) is 10.8. The summed E-state index contributed by atoms with van der Waals surface area (Å²) in [6, 6.07) is 22.8. The molecule has 0 aliphatic heterocycles. The second-order valence-corrected chi connectivity index (χ2v) is 5.88. The summed E-state index contributed by atoms with van der Waals surface area (Å²) in [5, 5.41) is 7.86. The lowest BCUT2D eigenvalue weighted by atomic mass is 10.1. The maximum atomic E-state index is 12.6. The smallest absolute Gasteiger partial charge is 0.255 e. The Labute approximate surface area is 145 Å². The molecule has 25 heavy (non-hydrogen) atoms. The van der Waals surface area contributed by atoms with Crippen molar-refractivity contribution in [2.75, 3.05) is 5.32 Å².